The summed E-state index contributed by atoms with van der Waals surface area (Å²) < 4.78 is 6.14. The fourth-order valence-electron chi connectivity index (χ4n) is 3.12. The van der Waals surface area contributed by atoms with Gasteiger partial charge in [0, 0.05) is 25.7 Å². The molecule has 0 heterocycles. The summed E-state index contributed by atoms with van der Waals surface area (Å²) in [5, 5.41) is 6.67. The molecule has 164 valence electrons. The molecule has 1 saturated carbocycles. The summed E-state index contributed by atoms with van der Waals surface area (Å²) in [4.78, 5) is 18.3. The standard InChI is InChI=1S/C22H36N4O2.HI/c1-16-11-12-17(19(13-16)28-22(2,3)4)14-23-21(24-15-20(27)26(5)6)25-18-9-7-8-10-18;/h11-13,18H,7-10,14-15H2,1-6H3,(H2,23,24,25);1H. The van der Waals surface area contributed by atoms with Crippen LogP contribution in [0, 0.1) is 6.92 Å². The molecule has 1 fully saturated rings. The average Bonchev–Trinajstić information content (AvgIpc) is 3.09. The van der Waals surface area contributed by atoms with E-state index >= 15 is 0 Å². The van der Waals surface area contributed by atoms with Crippen LogP contribution in [-0.4, -0.2) is 49.0 Å². The first-order valence-corrected chi connectivity index (χ1v) is 10.2. The quantitative estimate of drug-likeness (QED) is 0.343. The average molecular weight is 516 g/mol. The highest BCUT2D eigenvalue weighted by molar-refractivity contribution is 14.0. The van der Waals surface area contributed by atoms with Crippen molar-refractivity contribution in [3.63, 3.8) is 0 Å². The van der Waals surface area contributed by atoms with Crippen molar-refractivity contribution < 1.29 is 9.53 Å². The van der Waals surface area contributed by atoms with Gasteiger partial charge in [-0.15, -0.1) is 24.0 Å². The predicted molar refractivity (Wildman–Crippen MR) is 130 cm³/mol. The molecule has 0 unspecified atom stereocenters. The number of nitrogens with one attached hydrogen (secondary N) is 2. The van der Waals surface area contributed by atoms with Crippen LogP contribution >= 0.6 is 24.0 Å². The van der Waals surface area contributed by atoms with Crippen molar-refractivity contribution in [2.75, 3.05) is 20.6 Å². The zero-order valence-corrected chi connectivity index (χ0v) is 21.0. The van der Waals surface area contributed by atoms with Crippen LogP contribution in [0.25, 0.3) is 0 Å². The van der Waals surface area contributed by atoms with E-state index in [1.807, 2.05) is 20.8 Å². The zero-order chi connectivity index (χ0) is 20.7. The summed E-state index contributed by atoms with van der Waals surface area (Å²) in [5.74, 6) is 1.57. The molecule has 2 N–H and O–H groups in total. The lowest BCUT2D eigenvalue weighted by molar-refractivity contribution is -0.127. The van der Waals surface area contributed by atoms with Gasteiger partial charge in [-0.1, -0.05) is 25.0 Å². The molecule has 0 spiro atoms. The number of guanidine groups is 1. The van der Waals surface area contributed by atoms with Gasteiger partial charge in [0.15, 0.2) is 5.96 Å². The van der Waals surface area contributed by atoms with E-state index in [0.717, 1.165) is 29.7 Å². The highest BCUT2D eigenvalue weighted by Crippen LogP contribution is 2.25. The largest absolute Gasteiger partial charge is 0.488 e. The Morgan fingerprint density at radius 3 is 2.48 bits per heavy atom. The summed E-state index contributed by atoms with van der Waals surface area (Å²) in [6.07, 6.45) is 4.77. The molecule has 0 atom stereocenters. The molecule has 1 aromatic carbocycles. The van der Waals surface area contributed by atoms with Crippen molar-refractivity contribution in [3.8, 4) is 5.75 Å². The van der Waals surface area contributed by atoms with Crippen molar-refractivity contribution in [1.29, 1.82) is 0 Å². The first-order valence-electron chi connectivity index (χ1n) is 10.2. The smallest absolute Gasteiger partial charge is 0.241 e. The highest BCUT2D eigenvalue weighted by Gasteiger charge is 2.18. The number of halogens is 1. The molecule has 2 rings (SSSR count). The van der Waals surface area contributed by atoms with E-state index in [1.165, 1.54) is 12.8 Å². The van der Waals surface area contributed by atoms with E-state index in [-0.39, 0.29) is 42.0 Å². The number of carbonyl (C=O) groups is 1. The Morgan fingerprint density at radius 1 is 1.24 bits per heavy atom. The number of ether oxygens (including phenoxy) is 1. The van der Waals surface area contributed by atoms with Crippen LogP contribution in [0.1, 0.15) is 57.6 Å². The maximum atomic E-state index is 12.0. The molecule has 0 radical (unpaired) electrons. The molecule has 0 bridgehead atoms. The first kappa shape index (κ1) is 25.5. The van der Waals surface area contributed by atoms with Crippen LogP contribution in [0.15, 0.2) is 23.2 Å². The van der Waals surface area contributed by atoms with E-state index in [1.54, 1.807) is 19.0 Å². The Morgan fingerprint density at radius 2 is 1.90 bits per heavy atom. The van der Waals surface area contributed by atoms with Crippen LogP contribution < -0.4 is 15.4 Å². The van der Waals surface area contributed by atoms with Gasteiger partial charge < -0.3 is 20.3 Å². The second kappa shape index (κ2) is 11.6. The van der Waals surface area contributed by atoms with Crippen LogP contribution in [-0.2, 0) is 11.3 Å². The Labute approximate surface area is 192 Å². The van der Waals surface area contributed by atoms with Gasteiger partial charge in [0.2, 0.25) is 5.91 Å². The number of carbonyl (C=O) groups excluding carboxylic acids is 1. The molecule has 29 heavy (non-hydrogen) atoms. The van der Waals surface area contributed by atoms with E-state index in [2.05, 4.69) is 35.8 Å². The number of rotatable bonds is 6. The second-order valence-corrected chi connectivity index (χ2v) is 8.76. The number of aliphatic imine (C=N–C) groups is 1. The molecule has 1 aliphatic rings. The molecule has 1 aromatic rings. The highest BCUT2D eigenvalue weighted by atomic mass is 127. The Hall–Kier alpha value is -1.51. The molecule has 6 nitrogen and oxygen atoms in total. The monoisotopic (exact) mass is 516 g/mol. The van der Waals surface area contributed by atoms with Gasteiger partial charge in [-0.3, -0.25) is 4.79 Å². The molecule has 0 aliphatic heterocycles. The number of aryl methyl sites for hydroxylation is 1. The lowest BCUT2D eigenvalue weighted by Crippen LogP contribution is -2.46. The van der Waals surface area contributed by atoms with Crippen molar-refractivity contribution in [1.82, 2.24) is 15.5 Å². The van der Waals surface area contributed by atoms with E-state index < -0.39 is 0 Å². The van der Waals surface area contributed by atoms with E-state index in [9.17, 15) is 4.79 Å². The van der Waals surface area contributed by atoms with Crippen LogP contribution in [0.4, 0.5) is 0 Å². The molecule has 0 saturated heterocycles. The number of hydrogen-bond donors (Lipinski definition) is 2. The molecular weight excluding hydrogens is 479 g/mol. The molecule has 0 aromatic heterocycles. The fourth-order valence-corrected chi connectivity index (χ4v) is 3.12. The van der Waals surface area contributed by atoms with Gasteiger partial charge in [0.1, 0.15) is 11.4 Å². The maximum Gasteiger partial charge on any atom is 0.241 e. The van der Waals surface area contributed by atoms with Crippen LogP contribution in [0.3, 0.4) is 0 Å². The van der Waals surface area contributed by atoms with E-state index in [4.69, 9.17) is 9.73 Å². The van der Waals surface area contributed by atoms with Gasteiger partial charge >= 0.3 is 0 Å². The summed E-state index contributed by atoms with van der Waals surface area (Å²) in [5.41, 5.74) is 1.92. The second-order valence-electron chi connectivity index (χ2n) is 8.76. The number of nitrogens with zero attached hydrogens (tertiary/aromatic N) is 2. The minimum Gasteiger partial charge on any atom is -0.488 e. The minimum absolute atomic E-state index is 0. The van der Waals surface area contributed by atoms with Crippen molar-refractivity contribution in [2.24, 2.45) is 4.99 Å². The van der Waals surface area contributed by atoms with Crippen molar-refractivity contribution in [3.05, 3.63) is 29.3 Å². The van der Waals surface area contributed by atoms with E-state index in [0.29, 0.717) is 18.5 Å². The third kappa shape index (κ3) is 9.23. The normalized spacial score (nSPS) is 14.9. The Bertz CT molecular complexity index is 693. The maximum absolute atomic E-state index is 12.0. The summed E-state index contributed by atoms with van der Waals surface area (Å²) in [6, 6.07) is 6.62. The lowest BCUT2D eigenvalue weighted by Gasteiger charge is -2.23. The molecule has 1 aliphatic carbocycles. The first-order chi connectivity index (χ1) is 13.1. The number of hydrogen-bond acceptors (Lipinski definition) is 3. The zero-order valence-electron chi connectivity index (χ0n) is 18.7. The summed E-state index contributed by atoms with van der Waals surface area (Å²) in [7, 11) is 3.52. The van der Waals surface area contributed by atoms with Crippen molar-refractivity contribution >= 4 is 35.8 Å². The fraction of sp³-hybridized carbons (Fsp3) is 0.636. The number of amides is 1. The third-order valence-electron chi connectivity index (χ3n) is 4.65. The summed E-state index contributed by atoms with van der Waals surface area (Å²) in [6.45, 7) is 8.91. The van der Waals surface area contributed by atoms with Gasteiger partial charge in [0.25, 0.3) is 0 Å². The molecule has 1 amide bonds. The summed E-state index contributed by atoms with van der Waals surface area (Å²) >= 11 is 0. The molecular formula is C22H37IN4O2. The predicted octanol–water partition coefficient (Wildman–Crippen LogP) is 3.86. The Balaban J connectivity index is 0.00000420. The number of likely N-dealkylation sites (N-methyl/N-ethyl adjacent to an activating group) is 1. The SMILES string of the molecule is Cc1ccc(CN=C(NCC(=O)N(C)C)NC2CCCC2)c(OC(C)(C)C)c1.I. The lowest BCUT2D eigenvalue weighted by atomic mass is 10.1. The topological polar surface area (TPSA) is 66.0 Å². The van der Waals surface area contributed by atoms with Gasteiger partial charge in [-0.2, -0.15) is 0 Å². The van der Waals surface area contributed by atoms with Gasteiger partial charge in [-0.25, -0.2) is 4.99 Å². The minimum atomic E-state index is -0.270. The Kier molecular flexibility index (Phi) is 10.2. The van der Waals surface area contributed by atoms with Gasteiger partial charge in [-0.05, 0) is 52.2 Å². The van der Waals surface area contributed by atoms with Gasteiger partial charge in [0.05, 0.1) is 13.1 Å². The van der Waals surface area contributed by atoms with Crippen molar-refractivity contribution in [2.45, 2.75) is 71.6 Å². The number of benzene rings is 1. The third-order valence-corrected chi connectivity index (χ3v) is 4.65. The molecule has 7 heteroatoms. The van der Waals surface area contributed by atoms with Crippen LogP contribution in [0.5, 0.6) is 5.75 Å². The van der Waals surface area contributed by atoms with Crippen LogP contribution in [0.2, 0.25) is 0 Å².